The number of para-hydroxylation sites is 1. The molecular formula is C15H18N8O. The summed E-state index contributed by atoms with van der Waals surface area (Å²) in [6.45, 7) is 3.72. The third-order valence-corrected chi connectivity index (χ3v) is 3.98. The molecule has 3 heterocycles. The van der Waals surface area contributed by atoms with Crippen molar-refractivity contribution in [2.24, 2.45) is 0 Å². The lowest BCUT2D eigenvalue weighted by molar-refractivity contribution is -0.0411. The molecule has 0 saturated carbocycles. The Bertz CT molecular complexity index is 757. The van der Waals surface area contributed by atoms with Gasteiger partial charge in [0.1, 0.15) is 12.7 Å². The van der Waals surface area contributed by atoms with Gasteiger partial charge in [0.15, 0.2) is 5.82 Å². The van der Waals surface area contributed by atoms with Gasteiger partial charge in [0.05, 0.1) is 31.5 Å². The van der Waals surface area contributed by atoms with Crippen molar-refractivity contribution in [2.75, 3.05) is 19.7 Å². The Labute approximate surface area is 138 Å². The van der Waals surface area contributed by atoms with Gasteiger partial charge in [-0.25, -0.2) is 4.98 Å². The van der Waals surface area contributed by atoms with Crippen molar-refractivity contribution in [3.05, 3.63) is 48.8 Å². The molecule has 0 bridgehead atoms. The average molecular weight is 326 g/mol. The van der Waals surface area contributed by atoms with E-state index in [2.05, 4.69) is 30.5 Å². The van der Waals surface area contributed by atoms with Gasteiger partial charge in [-0.1, -0.05) is 18.2 Å². The molecule has 1 unspecified atom stereocenters. The largest absolute Gasteiger partial charge is 0.374 e. The summed E-state index contributed by atoms with van der Waals surface area (Å²) >= 11 is 0. The lowest BCUT2D eigenvalue weighted by Gasteiger charge is -2.32. The molecule has 0 N–H and O–H groups in total. The summed E-state index contributed by atoms with van der Waals surface area (Å²) in [6, 6.07) is 9.91. The van der Waals surface area contributed by atoms with E-state index < -0.39 is 0 Å². The number of aromatic nitrogens is 7. The predicted molar refractivity (Wildman–Crippen MR) is 84.2 cm³/mol. The normalized spacial score (nSPS) is 18.8. The zero-order valence-electron chi connectivity index (χ0n) is 13.1. The number of tetrazole rings is 1. The van der Waals surface area contributed by atoms with E-state index in [1.807, 2.05) is 30.3 Å². The number of hydrogen-bond donors (Lipinski definition) is 0. The molecule has 0 radical (unpaired) electrons. The number of rotatable bonds is 5. The molecule has 1 aromatic carbocycles. The highest BCUT2D eigenvalue weighted by Crippen LogP contribution is 2.13. The SMILES string of the molecule is c1ccc(-n2nnnc2CN2CCOC(Cn3cncn3)C2)cc1. The van der Waals surface area contributed by atoms with Crippen molar-refractivity contribution in [2.45, 2.75) is 19.2 Å². The topological polar surface area (TPSA) is 86.8 Å². The Hall–Kier alpha value is -2.65. The van der Waals surface area contributed by atoms with Gasteiger partial charge in [0, 0.05) is 13.1 Å². The first-order valence-corrected chi connectivity index (χ1v) is 7.87. The lowest BCUT2D eigenvalue weighted by atomic mass is 10.2. The van der Waals surface area contributed by atoms with Crippen LogP contribution in [-0.2, 0) is 17.8 Å². The molecule has 1 saturated heterocycles. The average Bonchev–Trinajstić information content (AvgIpc) is 3.28. The summed E-state index contributed by atoms with van der Waals surface area (Å²) in [5.74, 6) is 0.822. The minimum atomic E-state index is 0.0847. The van der Waals surface area contributed by atoms with Crippen molar-refractivity contribution < 1.29 is 4.74 Å². The first-order valence-electron chi connectivity index (χ1n) is 7.87. The van der Waals surface area contributed by atoms with Crippen molar-refractivity contribution in [1.82, 2.24) is 39.9 Å². The van der Waals surface area contributed by atoms with E-state index in [4.69, 9.17) is 4.74 Å². The van der Waals surface area contributed by atoms with E-state index >= 15 is 0 Å². The molecule has 24 heavy (non-hydrogen) atoms. The summed E-state index contributed by atoms with van der Waals surface area (Å²) in [5.41, 5.74) is 0.963. The van der Waals surface area contributed by atoms with Gasteiger partial charge in [0.25, 0.3) is 0 Å². The fourth-order valence-electron chi connectivity index (χ4n) is 2.84. The van der Waals surface area contributed by atoms with E-state index in [1.54, 1.807) is 15.7 Å². The zero-order valence-corrected chi connectivity index (χ0v) is 13.1. The van der Waals surface area contributed by atoms with Crippen molar-refractivity contribution in [3.63, 3.8) is 0 Å². The quantitative estimate of drug-likeness (QED) is 0.660. The Kier molecular flexibility index (Phi) is 4.26. The smallest absolute Gasteiger partial charge is 0.170 e. The second-order valence-electron chi connectivity index (χ2n) is 5.69. The molecule has 124 valence electrons. The number of benzene rings is 1. The first kappa shape index (κ1) is 14.9. The molecule has 9 heteroatoms. The second-order valence-corrected chi connectivity index (χ2v) is 5.69. The highest BCUT2D eigenvalue weighted by Gasteiger charge is 2.23. The highest BCUT2D eigenvalue weighted by atomic mass is 16.5. The number of hydrogen-bond acceptors (Lipinski definition) is 7. The monoisotopic (exact) mass is 326 g/mol. The molecule has 1 aliphatic heterocycles. The van der Waals surface area contributed by atoms with Gasteiger partial charge in [-0.05, 0) is 22.6 Å². The van der Waals surface area contributed by atoms with Crippen molar-refractivity contribution >= 4 is 0 Å². The zero-order chi connectivity index (χ0) is 16.2. The molecule has 4 rings (SSSR count). The standard InChI is InChI=1S/C15H18N8O/c1-2-4-13(5-3-1)23-15(18-19-20-23)10-21-6-7-24-14(8-21)9-22-12-16-11-17-22/h1-5,11-12,14H,6-10H2. The molecule has 3 aromatic rings. The second kappa shape index (κ2) is 6.85. The van der Waals surface area contributed by atoms with Crippen LogP contribution >= 0.6 is 0 Å². The summed E-state index contributed by atoms with van der Waals surface area (Å²) in [5, 5.41) is 16.2. The summed E-state index contributed by atoms with van der Waals surface area (Å²) < 4.78 is 9.40. The molecule has 1 atom stereocenters. The highest BCUT2D eigenvalue weighted by molar-refractivity contribution is 5.30. The number of ether oxygens (including phenoxy) is 1. The molecule has 1 fully saturated rings. The molecule has 0 amide bonds. The van der Waals surface area contributed by atoms with Crippen LogP contribution in [0.5, 0.6) is 0 Å². The molecule has 1 aliphatic rings. The van der Waals surface area contributed by atoms with E-state index in [9.17, 15) is 0 Å². The molecule has 2 aromatic heterocycles. The van der Waals surface area contributed by atoms with Crippen LogP contribution in [0.1, 0.15) is 5.82 Å². The fraction of sp³-hybridized carbons (Fsp3) is 0.400. The summed E-state index contributed by atoms with van der Waals surface area (Å²) in [4.78, 5) is 6.27. The molecular weight excluding hydrogens is 308 g/mol. The Morgan fingerprint density at radius 2 is 2.12 bits per heavy atom. The van der Waals surface area contributed by atoms with Gasteiger partial charge >= 0.3 is 0 Å². The Morgan fingerprint density at radius 3 is 2.96 bits per heavy atom. The van der Waals surface area contributed by atoms with Crippen molar-refractivity contribution in [3.8, 4) is 5.69 Å². The van der Waals surface area contributed by atoms with Crippen LogP contribution in [0.15, 0.2) is 43.0 Å². The fourth-order valence-corrected chi connectivity index (χ4v) is 2.84. The van der Waals surface area contributed by atoms with Crippen LogP contribution in [-0.4, -0.2) is 65.7 Å². The van der Waals surface area contributed by atoms with E-state index in [1.165, 1.54) is 6.33 Å². The maximum atomic E-state index is 5.83. The van der Waals surface area contributed by atoms with Crippen LogP contribution in [0.3, 0.4) is 0 Å². The van der Waals surface area contributed by atoms with E-state index in [0.29, 0.717) is 19.7 Å². The van der Waals surface area contributed by atoms with Gasteiger partial charge in [-0.15, -0.1) is 5.10 Å². The maximum absolute atomic E-state index is 5.83. The van der Waals surface area contributed by atoms with Crippen LogP contribution in [0.2, 0.25) is 0 Å². The molecule has 9 nitrogen and oxygen atoms in total. The van der Waals surface area contributed by atoms with E-state index in [0.717, 1.165) is 24.6 Å². The lowest BCUT2D eigenvalue weighted by Crippen LogP contribution is -2.44. The minimum absolute atomic E-state index is 0.0847. The van der Waals surface area contributed by atoms with Gasteiger partial charge in [-0.2, -0.15) is 9.78 Å². The van der Waals surface area contributed by atoms with Gasteiger partial charge in [0.2, 0.25) is 0 Å². The maximum Gasteiger partial charge on any atom is 0.170 e. The Balaban J connectivity index is 1.43. The summed E-state index contributed by atoms with van der Waals surface area (Å²) in [6.07, 6.45) is 3.33. The van der Waals surface area contributed by atoms with Gasteiger partial charge in [-0.3, -0.25) is 9.58 Å². The van der Waals surface area contributed by atoms with Crippen molar-refractivity contribution in [1.29, 1.82) is 0 Å². The molecule has 0 spiro atoms. The van der Waals surface area contributed by atoms with Gasteiger partial charge < -0.3 is 4.74 Å². The minimum Gasteiger partial charge on any atom is -0.374 e. The summed E-state index contributed by atoms with van der Waals surface area (Å²) in [7, 11) is 0. The third kappa shape index (κ3) is 3.31. The number of nitrogens with zero attached hydrogens (tertiary/aromatic N) is 8. The number of morpholine rings is 1. The third-order valence-electron chi connectivity index (χ3n) is 3.98. The van der Waals surface area contributed by atoms with Crippen LogP contribution in [0.25, 0.3) is 5.69 Å². The first-order chi connectivity index (χ1) is 11.9. The Morgan fingerprint density at radius 1 is 1.21 bits per heavy atom. The molecule has 0 aliphatic carbocycles. The van der Waals surface area contributed by atoms with Crippen LogP contribution in [0, 0.1) is 0 Å². The van der Waals surface area contributed by atoms with E-state index in [-0.39, 0.29) is 6.10 Å². The van der Waals surface area contributed by atoms with Crippen LogP contribution in [0.4, 0.5) is 0 Å². The predicted octanol–water partition coefficient (Wildman–Crippen LogP) is 0.155. The van der Waals surface area contributed by atoms with Crippen LogP contribution < -0.4 is 0 Å².